The van der Waals surface area contributed by atoms with Gasteiger partial charge < -0.3 is 50.9 Å². The van der Waals surface area contributed by atoms with Gasteiger partial charge in [-0.1, -0.05) is 116 Å². The van der Waals surface area contributed by atoms with Gasteiger partial charge >= 0.3 is 0 Å². The van der Waals surface area contributed by atoms with Crippen molar-refractivity contribution in [3.63, 3.8) is 0 Å². The van der Waals surface area contributed by atoms with Crippen LogP contribution in [0, 0.1) is 20.8 Å². The summed E-state index contributed by atoms with van der Waals surface area (Å²) in [6.45, 7) is 16.9. The van der Waals surface area contributed by atoms with Crippen LogP contribution in [0.25, 0.3) is 0 Å². The molecule has 3 aromatic rings. The molecule has 3 aromatic heterocycles. The number of rotatable bonds is 21. The molecule has 0 aromatic carbocycles. The van der Waals surface area contributed by atoms with Gasteiger partial charge in [0.1, 0.15) is 19.6 Å². The van der Waals surface area contributed by atoms with Crippen LogP contribution >= 0.6 is 0 Å². The third kappa shape index (κ3) is 27.7. The molecule has 276 valence electrons. The molecule has 0 aliphatic heterocycles. The minimum Gasteiger partial charge on any atom is -1.00 e. The van der Waals surface area contributed by atoms with Gasteiger partial charge in [-0.05, 0) is 19.3 Å². The summed E-state index contributed by atoms with van der Waals surface area (Å²) in [6.07, 6.45) is 31.3. The highest BCUT2D eigenvalue weighted by molar-refractivity contribution is 4.95. The summed E-state index contributed by atoms with van der Waals surface area (Å²) in [5.74, 6) is 0. The zero-order chi connectivity index (χ0) is 32.8. The quantitative estimate of drug-likeness (QED) is 0.115. The largest absolute Gasteiger partial charge is 1.00 e. The third-order valence-corrected chi connectivity index (χ3v) is 8.76. The van der Waals surface area contributed by atoms with Gasteiger partial charge in [0.25, 0.3) is 0 Å². The van der Waals surface area contributed by atoms with E-state index in [0.29, 0.717) is 0 Å². The van der Waals surface area contributed by atoms with Crippen LogP contribution < -0.4 is 64.6 Å². The van der Waals surface area contributed by atoms with E-state index in [1.165, 1.54) is 152 Å². The van der Waals surface area contributed by atoms with E-state index < -0.39 is 0 Å². The zero-order valence-corrected chi connectivity index (χ0v) is 36.5. The molecule has 6 heteroatoms. The first-order valence-electron chi connectivity index (χ1n) is 18.9. The third-order valence-electron chi connectivity index (χ3n) is 8.76. The van der Waals surface area contributed by atoms with Crippen LogP contribution in [0.2, 0.25) is 0 Å². The van der Waals surface area contributed by atoms with Crippen molar-refractivity contribution >= 4 is 0 Å². The number of aryl methyl sites for hydroxylation is 6. The molecular weight excluding hydrogens is 786 g/mol. The molecule has 0 aliphatic rings. The Morgan fingerprint density at radius 3 is 0.792 bits per heavy atom. The van der Waals surface area contributed by atoms with Gasteiger partial charge in [-0.2, -0.15) is 0 Å². The Hall–Kier alpha value is -1.11. The number of pyridine rings is 3. The Morgan fingerprint density at radius 2 is 0.562 bits per heavy atom. The lowest BCUT2D eigenvalue weighted by atomic mass is 10.1. The maximum atomic E-state index is 2.35. The van der Waals surface area contributed by atoms with E-state index in [0.717, 1.165) is 0 Å². The average Bonchev–Trinajstić information content (AvgIpc) is 3.05. The Balaban J connectivity index is -0.000000614. The fourth-order valence-electron chi connectivity index (χ4n) is 5.63. The Kier molecular flexibility index (Phi) is 39.7. The minimum atomic E-state index is 0. The standard InChI is InChI=1S/3C14H24N.3BrH/c3*1-3-4-5-6-7-9-12-15-13-10-8-11-14(15)2;;;/h3*8,10-11,13H,3-7,9,12H2,1-2H3;3*1H/q3*+1;;;/p-3. The normalized spacial score (nSPS) is 9.88. The number of aromatic nitrogens is 3. The lowest BCUT2D eigenvalue weighted by Gasteiger charge is -2.00. The van der Waals surface area contributed by atoms with Crippen molar-refractivity contribution in [2.45, 2.75) is 177 Å². The molecule has 0 saturated heterocycles. The molecule has 3 rings (SSSR count). The zero-order valence-electron chi connectivity index (χ0n) is 31.8. The summed E-state index contributed by atoms with van der Waals surface area (Å²) in [7, 11) is 0. The number of unbranched alkanes of at least 4 members (excludes halogenated alkanes) is 15. The molecule has 0 atom stereocenters. The first-order chi connectivity index (χ1) is 22.0. The van der Waals surface area contributed by atoms with Gasteiger partial charge in [-0.25, -0.2) is 13.7 Å². The van der Waals surface area contributed by atoms with Crippen molar-refractivity contribution in [1.29, 1.82) is 0 Å². The molecular formula is C42H72Br3N3. The van der Waals surface area contributed by atoms with Crippen molar-refractivity contribution in [3.8, 4) is 0 Å². The highest BCUT2D eigenvalue weighted by Crippen LogP contribution is 2.07. The van der Waals surface area contributed by atoms with Crippen LogP contribution in [-0.2, 0) is 19.6 Å². The summed E-state index contributed by atoms with van der Waals surface area (Å²) in [5, 5.41) is 0. The van der Waals surface area contributed by atoms with E-state index in [2.05, 4.69) is 128 Å². The molecule has 0 unspecified atom stereocenters. The number of hydrogen-bond donors (Lipinski definition) is 0. The van der Waals surface area contributed by atoms with Gasteiger partial charge in [-0.3, -0.25) is 0 Å². The first kappa shape index (κ1) is 51.3. The van der Waals surface area contributed by atoms with Crippen molar-refractivity contribution in [2.24, 2.45) is 0 Å². The van der Waals surface area contributed by atoms with Crippen LogP contribution in [0.3, 0.4) is 0 Å². The van der Waals surface area contributed by atoms with Crippen molar-refractivity contribution < 1.29 is 64.6 Å². The SMILES string of the molecule is CCCCCCCC[n+]1ccccc1C.CCCCCCCC[n+]1ccccc1C.CCCCCCCC[n+]1ccccc1C.[Br-].[Br-].[Br-]. The molecule has 48 heavy (non-hydrogen) atoms. The van der Waals surface area contributed by atoms with E-state index in [9.17, 15) is 0 Å². The van der Waals surface area contributed by atoms with E-state index in [4.69, 9.17) is 0 Å². The minimum absolute atomic E-state index is 0. The highest BCUT2D eigenvalue weighted by atomic mass is 79.9. The van der Waals surface area contributed by atoms with Crippen LogP contribution in [0.1, 0.15) is 153 Å². The summed E-state index contributed by atoms with van der Waals surface area (Å²) in [6, 6.07) is 19.2. The Morgan fingerprint density at radius 1 is 0.333 bits per heavy atom. The molecule has 0 fully saturated rings. The fourth-order valence-corrected chi connectivity index (χ4v) is 5.63. The van der Waals surface area contributed by atoms with E-state index in [1.807, 2.05) is 0 Å². The second kappa shape index (κ2) is 37.2. The summed E-state index contributed by atoms with van der Waals surface area (Å²) in [5.41, 5.74) is 4.10. The molecule has 0 spiro atoms. The molecule has 3 nitrogen and oxygen atoms in total. The molecule has 0 bridgehead atoms. The van der Waals surface area contributed by atoms with Crippen molar-refractivity contribution in [1.82, 2.24) is 0 Å². The maximum absolute atomic E-state index is 2.35. The van der Waals surface area contributed by atoms with E-state index in [1.54, 1.807) is 0 Å². The molecule has 0 aliphatic carbocycles. The van der Waals surface area contributed by atoms with E-state index >= 15 is 0 Å². The second-order valence-corrected chi connectivity index (χ2v) is 12.9. The fraction of sp³-hybridized carbons (Fsp3) is 0.643. The lowest BCUT2D eigenvalue weighted by molar-refractivity contribution is -0.703. The monoisotopic (exact) mass is 855 g/mol. The van der Waals surface area contributed by atoms with Crippen molar-refractivity contribution in [3.05, 3.63) is 90.3 Å². The predicted molar refractivity (Wildman–Crippen MR) is 194 cm³/mol. The molecule has 0 N–H and O–H groups in total. The maximum Gasteiger partial charge on any atom is 0.178 e. The topological polar surface area (TPSA) is 11.6 Å². The predicted octanol–water partition coefficient (Wildman–Crippen LogP) is 1.94. The van der Waals surface area contributed by atoms with Gasteiger partial charge in [0.2, 0.25) is 0 Å². The average molecular weight is 859 g/mol. The molecule has 0 radical (unpaired) electrons. The second-order valence-electron chi connectivity index (χ2n) is 12.9. The molecule has 0 amide bonds. The summed E-state index contributed by atoms with van der Waals surface area (Å²) >= 11 is 0. The first-order valence-corrected chi connectivity index (χ1v) is 18.9. The smallest absolute Gasteiger partial charge is 0.178 e. The van der Waals surface area contributed by atoms with E-state index in [-0.39, 0.29) is 50.9 Å². The lowest BCUT2D eigenvalue weighted by Crippen LogP contribution is -3.00. The number of hydrogen-bond acceptors (Lipinski definition) is 0. The van der Waals surface area contributed by atoms with Gasteiger partial charge in [0, 0.05) is 76.4 Å². The van der Waals surface area contributed by atoms with Crippen LogP contribution in [-0.4, -0.2) is 0 Å². The van der Waals surface area contributed by atoms with Gasteiger partial charge in [0.05, 0.1) is 0 Å². The number of nitrogens with zero attached hydrogens (tertiary/aromatic N) is 3. The van der Waals surface area contributed by atoms with Crippen LogP contribution in [0.4, 0.5) is 0 Å². The summed E-state index contributed by atoms with van der Waals surface area (Å²) in [4.78, 5) is 0. The summed E-state index contributed by atoms with van der Waals surface area (Å²) < 4.78 is 7.04. The highest BCUT2D eigenvalue weighted by Gasteiger charge is 2.05. The molecule has 0 saturated carbocycles. The molecule has 3 heterocycles. The van der Waals surface area contributed by atoms with Gasteiger partial charge in [-0.15, -0.1) is 0 Å². The Labute approximate surface area is 329 Å². The van der Waals surface area contributed by atoms with Gasteiger partial charge in [0.15, 0.2) is 35.7 Å². The van der Waals surface area contributed by atoms with Crippen LogP contribution in [0.5, 0.6) is 0 Å². The Bertz CT molecular complexity index is 956. The van der Waals surface area contributed by atoms with Crippen LogP contribution in [0.15, 0.2) is 73.2 Å². The number of halogens is 3. The van der Waals surface area contributed by atoms with Crippen molar-refractivity contribution in [2.75, 3.05) is 0 Å².